The van der Waals surface area contributed by atoms with E-state index in [2.05, 4.69) is 19.9 Å². The molecule has 1 aliphatic heterocycles. The van der Waals surface area contributed by atoms with Crippen molar-refractivity contribution in [2.75, 3.05) is 5.75 Å². The minimum atomic E-state index is -0.548. The molecule has 2 heteroatoms. The van der Waals surface area contributed by atoms with E-state index in [0.29, 0.717) is 5.92 Å². The molecule has 0 aromatic rings. The Hall–Kier alpha value is 0.0500. The normalized spacial score (nSPS) is 34.6. The molecule has 1 fully saturated rings. The third kappa shape index (κ3) is 2.53. The summed E-state index contributed by atoms with van der Waals surface area (Å²) < 4.78 is 0. The van der Waals surface area contributed by atoms with Crippen molar-refractivity contribution in [2.45, 2.75) is 39.2 Å². The zero-order valence-electron chi connectivity index (χ0n) is 8.13. The fourth-order valence-electron chi connectivity index (χ4n) is 1.41. The van der Waals surface area contributed by atoms with E-state index in [9.17, 15) is 5.11 Å². The van der Waals surface area contributed by atoms with Crippen LogP contribution in [0.3, 0.4) is 0 Å². The van der Waals surface area contributed by atoms with Crippen LogP contribution in [0.1, 0.15) is 33.6 Å². The number of aliphatic hydroxyl groups is 1. The summed E-state index contributed by atoms with van der Waals surface area (Å²) in [4.78, 5) is 1.17. The van der Waals surface area contributed by atoms with Crippen LogP contribution in [0.5, 0.6) is 0 Å². The first-order valence-electron chi connectivity index (χ1n) is 4.60. The molecule has 0 saturated carbocycles. The van der Waals surface area contributed by atoms with Crippen molar-refractivity contribution in [1.29, 1.82) is 0 Å². The van der Waals surface area contributed by atoms with E-state index in [1.807, 2.05) is 18.7 Å². The van der Waals surface area contributed by atoms with Crippen molar-refractivity contribution >= 4 is 11.8 Å². The van der Waals surface area contributed by atoms with Crippen LogP contribution in [-0.2, 0) is 0 Å². The molecule has 0 amide bonds. The second-order valence-electron chi connectivity index (χ2n) is 4.00. The van der Waals surface area contributed by atoms with Crippen molar-refractivity contribution in [1.82, 2.24) is 0 Å². The second kappa shape index (κ2) is 3.84. The van der Waals surface area contributed by atoms with Gasteiger partial charge in [-0.05, 0) is 31.4 Å². The summed E-state index contributed by atoms with van der Waals surface area (Å²) >= 11 is 1.81. The molecule has 0 spiro atoms. The standard InChI is InChI=1S/C10H18OS/c1-8(2)7-9-10(3,11)5-4-6-12-9/h7-8,11H,4-6H2,1-3H3/b9-7-. The maximum atomic E-state index is 9.99. The summed E-state index contributed by atoms with van der Waals surface area (Å²) in [6.07, 6.45) is 4.23. The lowest BCUT2D eigenvalue weighted by Crippen LogP contribution is -2.29. The van der Waals surface area contributed by atoms with Gasteiger partial charge in [0.05, 0.1) is 5.60 Å². The first-order valence-corrected chi connectivity index (χ1v) is 5.58. The summed E-state index contributed by atoms with van der Waals surface area (Å²) in [5, 5.41) is 9.99. The summed E-state index contributed by atoms with van der Waals surface area (Å²) in [6.45, 7) is 6.23. The average Bonchev–Trinajstić information content (AvgIpc) is 1.92. The number of rotatable bonds is 1. The first-order chi connectivity index (χ1) is 5.52. The van der Waals surface area contributed by atoms with Crippen LogP contribution < -0.4 is 0 Å². The van der Waals surface area contributed by atoms with Crippen molar-refractivity contribution in [2.24, 2.45) is 5.92 Å². The highest BCUT2D eigenvalue weighted by atomic mass is 32.2. The van der Waals surface area contributed by atoms with E-state index < -0.39 is 5.60 Å². The molecule has 1 N–H and O–H groups in total. The first kappa shape index (κ1) is 10.1. The van der Waals surface area contributed by atoms with Crippen molar-refractivity contribution in [3.8, 4) is 0 Å². The highest BCUT2D eigenvalue weighted by molar-refractivity contribution is 8.03. The molecule has 0 aromatic heterocycles. The molecule has 1 unspecified atom stereocenters. The van der Waals surface area contributed by atoms with Gasteiger partial charge in [0.25, 0.3) is 0 Å². The Kier molecular flexibility index (Phi) is 3.24. The number of thioether (sulfide) groups is 1. The van der Waals surface area contributed by atoms with Gasteiger partial charge < -0.3 is 5.11 Å². The SMILES string of the molecule is CC(C)/C=C1\SCCCC1(C)O. The molecule has 1 saturated heterocycles. The monoisotopic (exact) mass is 186 g/mol. The molecule has 12 heavy (non-hydrogen) atoms. The van der Waals surface area contributed by atoms with Gasteiger partial charge in [-0.15, -0.1) is 11.8 Å². The molecule has 1 nitrogen and oxygen atoms in total. The highest BCUT2D eigenvalue weighted by Gasteiger charge is 2.29. The number of hydrogen-bond acceptors (Lipinski definition) is 2. The number of hydrogen-bond donors (Lipinski definition) is 1. The molecule has 0 aromatic carbocycles. The van der Waals surface area contributed by atoms with E-state index in [0.717, 1.165) is 18.6 Å². The Balaban J connectivity index is 2.72. The zero-order valence-corrected chi connectivity index (χ0v) is 8.95. The molecule has 0 radical (unpaired) electrons. The molecular weight excluding hydrogens is 168 g/mol. The predicted octanol–water partition coefficient (Wildman–Crippen LogP) is 2.80. The van der Waals surface area contributed by atoms with Gasteiger partial charge in [0.2, 0.25) is 0 Å². The van der Waals surface area contributed by atoms with Gasteiger partial charge in [-0.25, -0.2) is 0 Å². The van der Waals surface area contributed by atoms with Crippen molar-refractivity contribution in [3.63, 3.8) is 0 Å². The molecule has 0 bridgehead atoms. The minimum absolute atomic E-state index is 0.539. The molecule has 0 aliphatic carbocycles. The van der Waals surface area contributed by atoms with E-state index in [-0.39, 0.29) is 0 Å². The van der Waals surface area contributed by atoms with E-state index in [1.165, 1.54) is 4.91 Å². The lowest BCUT2D eigenvalue weighted by molar-refractivity contribution is 0.0942. The maximum Gasteiger partial charge on any atom is 0.0923 e. The Morgan fingerprint density at radius 2 is 2.25 bits per heavy atom. The topological polar surface area (TPSA) is 20.2 Å². The van der Waals surface area contributed by atoms with Crippen LogP contribution in [0.25, 0.3) is 0 Å². The Morgan fingerprint density at radius 3 is 2.75 bits per heavy atom. The Labute approximate surface area is 79.2 Å². The second-order valence-corrected chi connectivity index (χ2v) is 5.14. The molecule has 70 valence electrons. The zero-order chi connectivity index (χ0) is 9.19. The molecular formula is C10H18OS. The molecule has 1 rings (SSSR count). The smallest absolute Gasteiger partial charge is 0.0923 e. The van der Waals surface area contributed by atoms with Gasteiger partial charge in [0.1, 0.15) is 0 Å². The van der Waals surface area contributed by atoms with E-state index >= 15 is 0 Å². The summed E-state index contributed by atoms with van der Waals surface area (Å²) in [5.41, 5.74) is -0.548. The fourth-order valence-corrected chi connectivity index (χ4v) is 2.70. The van der Waals surface area contributed by atoms with Crippen LogP contribution in [0, 0.1) is 5.92 Å². The van der Waals surface area contributed by atoms with Gasteiger partial charge in [-0.3, -0.25) is 0 Å². The summed E-state index contributed by atoms with van der Waals surface area (Å²) in [5.74, 6) is 1.70. The predicted molar refractivity (Wildman–Crippen MR) is 55.2 cm³/mol. The number of allylic oxidation sites excluding steroid dienone is 1. The summed E-state index contributed by atoms with van der Waals surface area (Å²) in [6, 6.07) is 0. The van der Waals surface area contributed by atoms with E-state index in [1.54, 1.807) is 0 Å². The fraction of sp³-hybridized carbons (Fsp3) is 0.800. The largest absolute Gasteiger partial charge is 0.385 e. The van der Waals surface area contributed by atoms with Gasteiger partial charge in [-0.2, -0.15) is 0 Å². The highest BCUT2D eigenvalue weighted by Crippen LogP contribution is 2.37. The van der Waals surface area contributed by atoms with Gasteiger partial charge in [-0.1, -0.05) is 19.9 Å². The van der Waals surface area contributed by atoms with Gasteiger partial charge in [0.15, 0.2) is 0 Å². The Bertz CT molecular complexity index is 182. The van der Waals surface area contributed by atoms with Crippen molar-refractivity contribution < 1.29 is 5.11 Å². The minimum Gasteiger partial charge on any atom is -0.385 e. The Morgan fingerprint density at radius 1 is 1.58 bits per heavy atom. The third-order valence-electron chi connectivity index (χ3n) is 2.08. The molecule has 1 aliphatic rings. The van der Waals surface area contributed by atoms with Crippen LogP contribution in [0.15, 0.2) is 11.0 Å². The van der Waals surface area contributed by atoms with Crippen LogP contribution in [0.2, 0.25) is 0 Å². The van der Waals surface area contributed by atoms with Gasteiger partial charge >= 0.3 is 0 Å². The quantitative estimate of drug-likeness (QED) is 0.679. The van der Waals surface area contributed by atoms with E-state index in [4.69, 9.17) is 0 Å². The molecule has 1 atom stereocenters. The lowest BCUT2D eigenvalue weighted by Gasteiger charge is -2.31. The third-order valence-corrected chi connectivity index (χ3v) is 3.46. The lowest BCUT2D eigenvalue weighted by atomic mass is 9.97. The van der Waals surface area contributed by atoms with Gasteiger partial charge in [0, 0.05) is 4.91 Å². The summed E-state index contributed by atoms with van der Waals surface area (Å²) in [7, 11) is 0. The van der Waals surface area contributed by atoms with Crippen LogP contribution in [0.4, 0.5) is 0 Å². The van der Waals surface area contributed by atoms with Crippen LogP contribution >= 0.6 is 11.8 Å². The molecule has 1 heterocycles. The van der Waals surface area contributed by atoms with Crippen LogP contribution in [-0.4, -0.2) is 16.5 Å². The van der Waals surface area contributed by atoms with Crippen molar-refractivity contribution in [3.05, 3.63) is 11.0 Å². The maximum absolute atomic E-state index is 9.99. The average molecular weight is 186 g/mol.